The van der Waals surface area contributed by atoms with Crippen LogP contribution in [0.15, 0.2) is 135 Å². The maximum Gasteiger partial charge on any atom is 0.471 e. The van der Waals surface area contributed by atoms with Gasteiger partial charge in [-0.2, -0.15) is 13.2 Å². The summed E-state index contributed by atoms with van der Waals surface area (Å²) < 4.78 is 50.3. The van der Waals surface area contributed by atoms with E-state index in [0.29, 0.717) is 49.1 Å². The summed E-state index contributed by atoms with van der Waals surface area (Å²) in [6.45, 7) is 4.72. The van der Waals surface area contributed by atoms with Gasteiger partial charge in [-0.15, -0.1) is 0 Å². The Kier molecular flexibility index (Phi) is 12.2. The average molecular weight is 877 g/mol. The number of carbonyl (C=O) groups excluding carboxylic acids is 1. The number of aryl methyl sites for hydroxylation is 1. The number of methoxy groups -OCH3 is 1. The van der Waals surface area contributed by atoms with E-state index in [0.717, 1.165) is 61.3 Å². The van der Waals surface area contributed by atoms with Gasteiger partial charge in [0.1, 0.15) is 0 Å². The largest absolute Gasteiger partial charge is 0.471 e. The predicted molar refractivity (Wildman–Crippen MR) is 250 cm³/mol. The first-order chi connectivity index (χ1) is 31.6. The number of amides is 1. The van der Waals surface area contributed by atoms with Crippen molar-refractivity contribution >= 4 is 61.2 Å². The van der Waals surface area contributed by atoms with Crippen molar-refractivity contribution in [1.29, 1.82) is 0 Å². The number of hydrogen-bond donors (Lipinski definition) is 2. The van der Waals surface area contributed by atoms with E-state index in [2.05, 4.69) is 95.7 Å². The number of rotatable bonds is 10. The standard InChI is InChI=1S/C26H25N5O.C24H22F3N5O/c1-18(21-4-3-8-27-17-21)30-22-15-23(26-24(16-22)28-9-10-29-26)20-6-5-19-7-11-31(12-13-32-2)25(19)14-20;1-31-11-6-15-2-3-16(12-21(15)31)19-13-18(14-20-22(19)30-10-9-29-20)32(23(33)24(25,26)27)17-4-7-28-8-5-17/h3-11,14-18,30H,12-13H2,1-2H3;2-3,6,9-14,17,28H,4-5,7-8H2,1H3. The summed E-state index contributed by atoms with van der Waals surface area (Å²) in [4.78, 5) is 35.7. The first-order valence-electron chi connectivity index (χ1n) is 21.5. The van der Waals surface area contributed by atoms with Crippen LogP contribution in [0.4, 0.5) is 24.5 Å². The molecule has 15 heteroatoms. The van der Waals surface area contributed by atoms with Crippen LogP contribution < -0.4 is 15.5 Å². The number of aromatic nitrogens is 7. The summed E-state index contributed by atoms with van der Waals surface area (Å²) in [5, 5.41) is 9.00. The third-order valence-electron chi connectivity index (χ3n) is 11.9. The highest BCUT2D eigenvalue weighted by Gasteiger charge is 2.45. The molecule has 4 aromatic carbocycles. The minimum atomic E-state index is -4.98. The number of nitrogens with zero attached hydrogens (tertiary/aromatic N) is 8. The second-order valence-electron chi connectivity index (χ2n) is 16.1. The lowest BCUT2D eigenvalue weighted by molar-refractivity contribution is -0.171. The molecule has 330 valence electrons. The van der Waals surface area contributed by atoms with Gasteiger partial charge in [0.15, 0.2) is 0 Å². The first kappa shape index (κ1) is 43.0. The molecule has 1 amide bonds. The molecule has 9 aromatic rings. The van der Waals surface area contributed by atoms with Crippen LogP contribution in [0.1, 0.15) is 31.4 Å². The number of halogens is 3. The molecule has 1 unspecified atom stereocenters. The SMILES string of the molecule is COCCn1ccc2ccc(-c3cc(NC(C)c4cccnc4)cc4nccnc34)cc21.Cn1ccc2ccc(-c3cc(N(C(=O)C(F)(F)F)C4CCNCC4)cc4nccnc34)cc21. The number of alkyl halides is 3. The second kappa shape index (κ2) is 18.5. The summed E-state index contributed by atoms with van der Waals surface area (Å²) in [5.41, 5.74) is 10.8. The topological polar surface area (TPSA) is 128 Å². The zero-order valence-electron chi connectivity index (χ0n) is 36.1. The molecule has 0 saturated carbocycles. The summed E-state index contributed by atoms with van der Waals surface area (Å²) in [7, 11) is 3.66. The molecule has 1 atom stereocenters. The molecule has 0 spiro atoms. The van der Waals surface area contributed by atoms with E-state index in [9.17, 15) is 18.0 Å². The van der Waals surface area contributed by atoms with Gasteiger partial charge >= 0.3 is 12.1 Å². The maximum absolute atomic E-state index is 13.6. The summed E-state index contributed by atoms with van der Waals surface area (Å²) in [6.07, 6.45) is 10.2. The molecule has 1 aliphatic rings. The van der Waals surface area contributed by atoms with Crippen LogP contribution in [-0.2, 0) is 23.1 Å². The fraction of sp³-hybridized carbons (Fsp3) is 0.240. The Morgan fingerprint density at radius 1 is 0.815 bits per heavy atom. The van der Waals surface area contributed by atoms with Crippen LogP contribution in [0.2, 0.25) is 0 Å². The Morgan fingerprint density at radius 2 is 1.46 bits per heavy atom. The molecule has 0 radical (unpaired) electrons. The number of piperidine rings is 1. The molecule has 1 fully saturated rings. The van der Waals surface area contributed by atoms with E-state index in [1.54, 1.807) is 38.0 Å². The fourth-order valence-corrected chi connectivity index (χ4v) is 8.62. The molecule has 6 heterocycles. The van der Waals surface area contributed by atoms with E-state index in [4.69, 9.17) is 4.74 Å². The van der Waals surface area contributed by atoms with Gasteiger partial charge in [0, 0.05) is 110 Å². The highest BCUT2D eigenvalue weighted by Crippen LogP contribution is 2.37. The Balaban J connectivity index is 0.000000164. The van der Waals surface area contributed by atoms with Crippen molar-refractivity contribution in [2.24, 2.45) is 7.05 Å². The number of carbonyl (C=O) groups is 1. The molecule has 2 N–H and O–H groups in total. The number of ether oxygens (including phenoxy) is 1. The number of anilines is 2. The lowest BCUT2D eigenvalue weighted by Crippen LogP contribution is -2.51. The van der Waals surface area contributed by atoms with Crippen molar-refractivity contribution < 1.29 is 22.7 Å². The van der Waals surface area contributed by atoms with Crippen molar-refractivity contribution in [3.8, 4) is 22.3 Å². The fourth-order valence-electron chi connectivity index (χ4n) is 8.62. The zero-order valence-corrected chi connectivity index (χ0v) is 36.1. The zero-order chi connectivity index (χ0) is 45.1. The Morgan fingerprint density at radius 3 is 2.14 bits per heavy atom. The predicted octanol–water partition coefficient (Wildman–Crippen LogP) is 9.90. The van der Waals surface area contributed by atoms with Crippen LogP contribution in [0.5, 0.6) is 0 Å². The average Bonchev–Trinajstić information content (AvgIpc) is 3.92. The van der Waals surface area contributed by atoms with Gasteiger partial charge in [-0.1, -0.05) is 30.3 Å². The van der Waals surface area contributed by atoms with Gasteiger partial charge < -0.3 is 29.4 Å². The van der Waals surface area contributed by atoms with Gasteiger partial charge in [0.05, 0.1) is 34.7 Å². The molecular weight excluding hydrogens is 830 g/mol. The normalized spacial score (nSPS) is 13.8. The van der Waals surface area contributed by atoms with Crippen LogP contribution in [0.3, 0.4) is 0 Å². The highest BCUT2D eigenvalue weighted by atomic mass is 19.4. The number of fused-ring (bicyclic) bond motifs is 4. The Bertz CT molecular complexity index is 3130. The number of pyridine rings is 1. The van der Waals surface area contributed by atoms with Gasteiger partial charge in [-0.25, -0.2) is 0 Å². The van der Waals surface area contributed by atoms with E-state index in [1.165, 1.54) is 23.2 Å². The van der Waals surface area contributed by atoms with E-state index in [-0.39, 0.29) is 11.7 Å². The maximum atomic E-state index is 13.6. The quantitative estimate of drug-likeness (QED) is 0.138. The van der Waals surface area contributed by atoms with Gasteiger partial charge in [-0.3, -0.25) is 29.7 Å². The van der Waals surface area contributed by atoms with Crippen LogP contribution in [0, 0.1) is 0 Å². The molecule has 1 saturated heterocycles. The minimum absolute atomic E-state index is 0.111. The Hall–Kier alpha value is -7.23. The Labute approximate surface area is 373 Å². The highest BCUT2D eigenvalue weighted by molar-refractivity contribution is 6.03. The lowest BCUT2D eigenvalue weighted by Gasteiger charge is -2.35. The van der Waals surface area contributed by atoms with Gasteiger partial charge in [-0.05, 0) is 115 Å². The van der Waals surface area contributed by atoms with Crippen molar-refractivity contribution in [3.63, 3.8) is 0 Å². The van der Waals surface area contributed by atoms with Gasteiger partial charge in [0.25, 0.3) is 0 Å². The third-order valence-corrected chi connectivity index (χ3v) is 11.9. The molecule has 0 bridgehead atoms. The van der Waals surface area contributed by atoms with Crippen molar-refractivity contribution in [1.82, 2.24) is 39.4 Å². The molecule has 65 heavy (non-hydrogen) atoms. The van der Waals surface area contributed by atoms with Crippen LogP contribution in [-0.4, -0.2) is 79.0 Å². The monoisotopic (exact) mass is 876 g/mol. The molecule has 1 aliphatic heterocycles. The molecular formula is C50H47F3N10O2. The van der Waals surface area contributed by atoms with E-state index >= 15 is 0 Å². The lowest BCUT2D eigenvalue weighted by atomic mass is 9.99. The number of nitrogens with one attached hydrogen (secondary N) is 2. The molecule has 10 rings (SSSR count). The van der Waals surface area contributed by atoms with Crippen LogP contribution >= 0.6 is 0 Å². The smallest absolute Gasteiger partial charge is 0.383 e. The number of hydrogen-bond acceptors (Lipinski definition) is 9. The second-order valence-corrected chi connectivity index (χ2v) is 16.1. The molecule has 0 aliphatic carbocycles. The van der Waals surface area contributed by atoms with E-state index in [1.807, 2.05) is 54.3 Å². The van der Waals surface area contributed by atoms with Crippen molar-refractivity contribution in [2.45, 2.75) is 44.6 Å². The third kappa shape index (κ3) is 9.10. The summed E-state index contributed by atoms with van der Waals surface area (Å²) in [5.74, 6) is -1.86. The number of benzene rings is 4. The molecule has 12 nitrogen and oxygen atoms in total. The van der Waals surface area contributed by atoms with Crippen LogP contribution in [0.25, 0.3) is 66.1 Å². The molecule has 5 aromatic heterocycles. The minimum Gasteiger partial charge on any atom is -0.383 e. The summed E-state index contributed by atoms with van der Waals surface area (Å²) in [6, 6.07) is 27.5. The van der Waals surface area contributed by atoms with Crippen molar-refractivity contribution in [2.75, 3.05) is 37.0 Å². The van der Waals surface area contributed by atoms with Crippen molar-refractivity contribution in [3.05, 3.63) is 140 Å². The van der Waals surface area contributed by atoms with E-state index < -0.39 is 18.1 Å². The van der Waals surface area contributed by atoms with Gasteiger partial charge in [0.2, 0.25) is 0 Å². The summed E-state index contributed by atoms with van der Waals surface area (Å²) >= 11 is 0. The first-order valence-corrected chi connectivity index (χ1v) is 21.5.